The number of carbonyl (C=O) groups excluding carboxylic acids is 1. The molecule has 0 radical (unpaired) electrons. The van der Waals surface area contributed by atoms with Gasteiger partial charge in [0.05, 0.1) is 23.9 Å². The van der Waals surface area contributed by atoms with Crippen molar-refractivity contribution >= 4 is 32.8 Å². The Morgan fingerprint density at radius 3 is 2.29 bits per heavy atom. The summed E-state index contributed by atoms with van der Waals surface area (Å²) < 4.78 is 4.99. The Kier molecular flexibility index (Phi) is 6.50. The fraction of sp³-hybridized carbons (Fsp3) is 0.200. The molecule has 0 saturated carbocycles. The number of esters is 1. The van der Waals surface area contributed by atoms with E-state index in [4.69, 9.17) is 9.72 Å². The van der Waals surface area contributed by atoms with Crippen molar-refractivity contribution in [3.63, 3.8) is 0 Å². The minimum atomic E-state index is -0.342. The van der Waals surface area contributed by atoms with E-state index in [1.165, 1.54) is 7.11 Å². The summed E-state index contributed by atoms with van der Waals surface area (Å²) in [6.45, 7) is 4.00. The molecule has 0 N–H and O–H groups in total. The van der Waals surface area contributed by atoms with Crippen LogP contribution >= 0.6 is 15.9 Å². The van der Waals surface area contributed by atoms with Crippen LogP contribution in [0.25, 0.3) is 22.2 Å². The fourth-order valence-corrected chi connectivity index (χ4v) is 3.10. The maximum atomic E-state index is 12.3. The van der Waals surface area contributed by atoms with Gasteiger partial charge in [0.15, 0.2) is 0 Å². The molecule has 0 unspecified atom stereocenters. The fourth-order valence-electron chi connectivity index (χ4n) is 2.55. The van der Waals surface area contributed by atoms with E-state index >= 15 is 0 Å². The minimum Gasteiger partial charge on any atom is -0.465 e. The van der Waals surface area contributed by atoms with Gasteiger partial charge in [-0.1, -0.05) is 78.3 Å². The van der Waals surface area contributed by atoms with Crippen LogP contribution in [0.2, 0.25) is 0 Å². The molecule has 0 amide bonds. The molecule has 0 fully saturated rings. The van der Waals surface area contributed by atoms with Gasteiger partial charge >= 0.3 is 5.97 Å². The number of hydrogen-bond donors (Lipinski definition) is 0. The number of methoxy groups -OCH3 is 1. The lowest BCUT2D eigenvalue weighted by molar-refractivity contribution is 0.0602. The van der Waals surface area contributed by atoms with Gasteiger partial charge in [-0.15, -0.1) is 0 Å². The predicted molar refractivity (Wildman–Crippen MR) is 102 cm³/mol. The number of carbonyl (C=O) groups is 1. The smallest absolute Gasteiger partial charge is 0.338 e. The standard InChI is InChI=1S/C18H14BrNO2.C2H6/c1-22-18(21)16-13-9-5-6-10-15(13)20-17(14(16)11-19)12-7-3-2-4-8-12;1-2/h2-10H,11H2,1H3;1-2H3. The molecule has 3 rings (SSSR count). The molecular formula is C20H20BrNO2. The SMILES string of the molecule is CC.COC(=O)c1c(CBr)c(-c2ccccc2)nc2ccccc12. The minimum absolute atomic E-state index is 0.342. The van der Waals surface area contributed by atoms with Crippen molar-refractivity contribution in [1.29, 1.82) is 0 Å². The monoisotopic (exact) mass is 385 g/mol. The molecule has 0 aliphatic rings. The number of nitrogens with zero attached hydrogens (tertiary/aromatic N) is 1. The molecule has 4 heteroatoms. The van der Waals surface area contributed by atoms with E-state index in [-0.39, 0.29) is 5.97 Å². The Hall–Kier alpha value is -2.20. The number of fused-ring (bicyclic) bond motifs is 1. The molecule has 0 atom stereocenters. The lowest BCUT2D eigenvalue weighted by Crippen LogP contribution is -2.09. The first-order valence-corrected chi connectivity index (χ1v) is 8.99. The van der Waals surface area contributed by atoms with Gasteiger partial charge in [0.2, 0.25) is 0 Å². The third-order valence-corrected chi connectivity index (χ3v) is 4.12. The molecule has 0 saturated heterocycles. The van der Waals surface area contributed by atoms with Gasteiger partial charge < -0.3 is 4.74 Å². The molecule has 24 heavy (non-hydrogen) atoms. The van der Waals surface area contributed by atoms with Crippen LogP contribution in [0, 0.1) is 0 Å². The number of rotatable bonds is 3. The van der Waals surface area contributed by atoms with E-state index in [1.807, 2.05) is 68.4 Å². The average Bonchev–Trinajstić information content (AvgIpc) is 2.68. The van der Waals surface area contributed by atoms with Crippen LogP contribution in [0.3, 0.4) is 0 Å². The molecule has 0 aliphatic carbocycles. The van der Waals surface area contributed by atoms with Gasteiger partial charge in [-0.2, -0.15) is 0 Å². The van der Waals surface area contributed by atoms with E-state index in [9.17, 15) is 4.79 Å². The van der Waals surface area contributed by atoms with Gasteiger partial charge in [-0.3, -0.25) is 0 Å². The second-order valence-corrected chi connectivity index (χ2v) is 5.38. The average molecular weight is 386 g/mol. The van der Waals surface area contributed by atoms with Crippen molar-refractivity contribution in [2.75, 3.05) is 7.11 Å². The zero-order chi connectivity index (χ0) is 17.5. The molecule has 124 valence electrons. The molecule has 3 nitrogen and oxygen atoms in total. The lowest BCUT2D eigenvalue weighted by Gasteiger charge is -2.14. The molecule has 2 aromatic carbocycles. The Morgan fingerprint density at radius 2 is 1.67 bits per heavy atom. The first-order valence-electron chi connectivity index (χ1n) is 7.87. The van der Waals surface area contributed by atoms with E-state index in [2.05, 4.69) is 15.9 Å². The zero-order valence-electron chi connectivity index (χ0n) is 14.0. The van der Waals surface area contributed by atoms with Crippen molar-refractivity contribution in [2.45, 2.75) is 19.2 Å². The molecule has 3 aromatic rings. The maximum absolute atomic E-state index is 12.3. The second-order valence-electron chi connectivity index (χ2n) is 4.82. The van der Waals surface area contributed by atoms with Crippen molar-refractivity contribution in [2.24, 2.45) is 0 Å². The van der Waals surface area contributed by atoms with Crippen LogP contribution in [0.15, 0.2) is 54.6 Å². The lowest BCUT2D eigenvalue weighted by atomic mass is 9.98. The molecular weight excluding hydrogens is 366 g/mol. The van der Waals surface area contributed by atoms with Crippen LogP contribution in [0.1, 0.15) is 29.8 Å². The van der Waals surface area contributed by atoms with Gasteiger partial charge in [-0.05, 0) is 6.07 Å². The highest BCUT2D eigenvalue weighted by Gasteiger charge is 2.21. The van der Waals surface area contributed by atoms with Crippen LogP contribution < -0.4 is 0 Å². The van der Waals surface area contributed by atoms with Crippen LogP contribution in [-0.2, 0) is 10.1 Å². The topological polar surface area (TPSA) is 39.2 Å². The summed E-state index contributed by atoms with van der Waals surface area (Å²) in [6, 6.07) is 17.5. The van der Waals surface area contributed by atoms with Crippen molar-refractivity contribution in [3.05, 3.63) is 65.7 Å². The van der Waals surface area contributed by atoms with Crippen LogP contribution in [-0.4, -0.2) is 18.1 Å². The van der Waals surface area contributed by atoms with E-state index in [0.29, 0.717) is 10.9 Å². The third-order valence-electron chi connectivity index (χ3n) is 3.56. The highest BCUT2D eigenvalue weighted by molar-refractivity contribution is 9.08. The maximum Gasteiger partial charge on any atom is 0.338 e. The number of pyridine rings is 1. The number of halogens is 1. The number of aromatic nitrogens is 1. The summed E-state index contributed by atoms with van der Waals surface area (Å²) in [5, 5.41) is 1.34. The first kappa shape index (κ1) is 18.1. The summed E-state index contributed by atoms with van der Waals surface area (Å²) in [4.78, 5) is 17.1. The highest BCUT2D eigenvalue weighted by atomic mass is 79.9. The van der Waals surface area contributed by atoms with E-state index in [1.54, 1.807) is 0 Å². The first-order chi connectivity index (χ1) is 11.8. The summed E-state index contributed by atoms with van der Waals surface area (Å²) in [7, 11) is 1.40. The number of benzene rings is 2. The molecule has 1 heterocycles. The summed E-state index contributed by atoms with van der Waals surface area (Å²) in [5.41, 5.74) is 3.98. The molecule has 0 spiro atoms. The van der Waals surface area contributed by atoms with Gasteiger partial charge in [0, 0.05) is 21.8 Å². The van der Waals surface area contributed by atoms with E-state index < -0.39 is 0 Å². The van der Waals surface area contributed by atoms with Gasteiger partial charge in [0.25, 0.3) is 0 Å². The number of ether oxygens (including phenoxy) is 1. The summed E-state index contributed by atoms with van der Waals surface area (Å²) in [5.74, 6) is -0.342. The summed E-state index contributed by atoms with van der Waals surface area (Å²) >= 11 is 3.49. The highest BCUT2D eigenvalue weighted by Crippen LogP contribution is 2.32. The van der Waals surface area contributed by atoms with Crippen molar-refractivity contribution in [1.82, 2.24) is 4.98 Å². The second kappa shape index (κ2) is 8.60. The van der Waals surface area contributed by atoms with Crippen LogP contribution in [0.4, 0.5) is 0 Å². The predicted octanol–water partition coefficient (Wildman–Crippen LogP) is 5.61. The Labute approximate surface area is 150 Å². The molecule has 0 aliphatic heterocycles. The van der Waals surface area contributed by atoms with Crippen molar-refractivity contribution < 1.29 is 9.53 Å². The molecule has 1 aromatic heterocycles. The third kappa shape index (κ3) is 3.49. The Bertz CT molecular complexity index is 832. The normalized spacial score (nSPS) is 10.0. The van der Waals surface area contributed by atoms with Crippen LogP contribution in [0.5, 0.6) is 0 Å². The summed E-state index contributed by atoms with van der Waals surface area (Å²) in [6.07, 6.45) is 0. The number of para-hydroxylation sites is 1. The Morgan fingerprint density at radius 1 is 1.04 bits per heavy atom. The number of alkyl halides is 1. The molecule has 0 bridgehead atoms. The quantitative estimate of drug-likeness (QED) is 0.434. The number of hydrogen-bond acceptors (Lipinski definition) is 3. The zero-order valence-corrected chi connectivity index (χ0v) is 15.6. The van der Waals surface area contributed by atoms with E-state index in [0.717, 1.165) is 27.7 Å². The largest absolute Gasteiger partial charge is 0.465 e. The Balaban J connectivity index is 0.00000100. The van der Waals surface area contributed by atoms with Crippen molar-refractivity contribution in [3.8, 4) is 11.3 Å². The van der Waals surface area contributed by atoms with Gasteiger partial charge in [0.1, 0.15) is 0 Å². The van der Waals surface area contributed by atoms with Gasteiger partial charge in [-0.25, -0.2) is 9.78 Å².